The molecule has 0 aromatic heterocycles. The molecule has 2 rings (SSSR count). The Morgan fingerprint density at radius 1 is 1.50 bits per heavy atom. The molecule has 6 nitrogen and oxygen atoms in total. The van der Waals surface area contributed by atoms with Gasteiger partial charge in [-0.1, -0.05) is 24.8 Å². The van der Waals surface area contributed by atoms with E-state index in [-0.39, 0.29) is 12.0 Å². The molecule has 0 aromatic rings. The van der Waals surface area contributed by atoms with Gasteiger partial charge in [-0.15, -0.1) is 0 Å². The summed E-state index contributed by atoms with van der Waals surface area (Å²) in [5.74, 6) is -1.74. The Kier molecular flexibility index (Phi) is 5.88. The average molecular weight is 362 g/mol. The van der Waals surface area contributed by atoms with Crippen LogP contribution in [0.2, 0.25) is 0 Å². The van der Waals surface area contributed by atoms with Gasteiger partial charge in [0.25, 0.3) is 0 Å². The van der Waals surface area contributed by atoms with Gasteiger partial charge in [-0.05, 0) is 39.3 Å². The third-order valence-electron chi connectivity index (χ3n) is 4.82. The number of hydrogen-bond acceptors (Lipinski definition) is 6. The quantitative estimate of drug-likeness (QED) is 0.443. The Bertz CT molecular complexity index is 697. The Labute approximate surface area is 153 Å². The maximum Gasteiger partial charge on any atom is 0.334 e. The van der Waals surface area contributed by atoms with Crippen molar-refractivity contribution in [2.24, 2.45) is 5.92 Å². The third kappa shape index (κ3) is 4.31. The normalized spacial score (nSPS) is 38.7. The van der Waals surface area contributed by atoms with Crippen molar-refractivity contribution in [3.63, 3.8) is 0 Å². The van der Waals surface area contributed by atoms with Gasteiger partial charge in [0.15, 0.2) is 0 Å². The van der Waals surface area contributed by atoms with Crippen LogP contribution in [-0.2, 0) is 19.1 Å². The molecule has 0 unspecified atom stereocenters. The molecular formula is C20H26O6. The molecule has 0 bridgehead atoms. The van der Waals surface area contributed by atoms with E-state index in [4.69, 9.17) is 9.47 Å². The highest BCUT2D eigenvalue weighted by Gasteiger charge is 2.46. The van der Waals surface area contributed by atoms with Gasteiger partial charge in [0.2, 0.25) is 0 Å². The molecule has 1 aliphatic carbocycles. The Hall–Kier alpha value is -2.18. The van der Waals surface area contributed by atoms with Crippen molar-refractivity contribution in [1.29, 1.82) is 0 Å². The molecule has 142 valence electrons. The van der Waals surface area contributed by atoms with E-state index in [1.165, 1.54) is 12.2 Å². The predicted octanol–water partition coefficient (Wildman–Crippen LogP) is 1.98. The van der Waals surface area contributed by atoms with Crippen molar-refractivity contribution in [2.45, 2.75) is 58.0 Å². The van der Waals surface area contributed by atoms with Crippen LogP contribution in [0.15, 0.2) is 47.6 Å². The number of rotatable bonds is 2. The summed E-state index contributed by atoms with van der Waals surface area (Å²) in [5.41, 5.74) is -0.188. The molecule has 0 radical (unpaired) electrons. The van der Waals surface area contributed by atoms with Gasteiger partial charge in [-0.3, -0.25) is 0 Å². The maximum atomic E-state index is 12.3. The van der Waals surface area contributed by atoms with E-state index in [9.17, 15) is 19.8 Å². The Morgan fingerprint density at radius 2 is 2.15 bits per heavy atom. The summed E-state index contributed by atoms with van der Waals surface area (Å²) in [5, 5.41) is 20.9. The molecule has 1 aliphatic heterocycles. The van der Waals surface area contributed by atoms with Crippen LogP contribution in [0.3, 0.4) is 0 Å². The van der Waals surface area contributed by atoms with Crippen LogP contribution in [0.1, 0.15) is 34.1 Å². The monoisotopic (exact) mass is 362 g/mol. The fourth-order valence-electron chi connectivity index (χ4n) is 3.05. The standard InChI is InChI=1S/C20H26O6/c1-6-11(2)18(22)26-16-10-20(5,24)8-7-14(21)12(3)9-15-17(16)13(4)19(23)25-15/h6-9,14-17,21,24H,4,10H2,1-3,5H3/b8-7-,11-6-,12-9-/t14-,15+,16+,17-,20-/m1/s1. The summed E-state index contributed by atoms with van der Waals surface area (Å²) in [6.07, 6.45) is 3.77. The molecule has 26 heavy (non-hydrogen) atoms. The van der Waals surface area contributed by atoms with Crippen LogP contribution in [0.4, 0.5) is 0 Å². The number of carbonyl (C=O) groups is 2. The molecule has 6 heteroatoms. The molecule has 0 saturated carbocycles. The minimum absolute atomic E-state index is 0.0304. The number of carbonyl (C=O) groups excluding carboxylic acids is 2. The molecule has 0 amide bonds. The van der Waals surface area contributed by atoms with Crippen molar-refractivity contribution < 1.29 is 29.3 Å². The first kappa shape index (κ1) is 20.1. The van der Waals surface area contributed by atoms with E-state index in [1.807, 2.05) is 0 Å². The average Bonchev–Trinajstić information content (AvgIpc) is 2.84. The smallest absolute Gasteiger partial charge is 0.334 e. The van der Waals surface area contributed by atoms with Crippen LogP contribution in [-0.4, -0.2) is 46.1 Å². The first-order valence-electron chi connectivity index (χ1n) is 8.57. The zero-order valence-electron chi connectivity index (χ0n) is 15.6. The number of aliphatic hydroxyl groups excluding tert-OH is 1. The van der Waals surface area contributed by atoms with Crippen molar-refractivity contribution >= 4 is 11.9 Å². The second kappa shape index (κ2) is 7.60. The zero-order valence-corrected chi connectivity index (χ0v) is 15.6. The topological polar surface area (TPSA) is 93.1 Å². The second-order valence-electron chi connectivity index (χ2n) is 7.11. The van der Waals surface area contributed by atoms with E-state index in [2.05, 4.69) is 6.58 Å². The summed E-state index contributed by atoms with van der Waals surface area (Å²) in [6, 6.07) is 0. The van der Waals surface area contributed by atoms with E-state index < -0.39 is 41.8 Å². The summed E-state index contributed by atoms with van der Waals surface area (Å²) < 4.78 is 11.0. The Morgan fingerprint density at radius 3 is 2.77 bits per heavy atom. The largest absolute Gasteiger partial charge is 0.458 e. The third-order valence-corrected chi connectivity index (χ3v) is 4.82. The van der Waals surface area contributed by atoms with Gasteiger partial charge < -0.3 is 19.7 Å². The van der Waals surface area contributed by atoms with Crippen LogP contribution < -0.4 is 0 Å². The maximum absolute atomic E-state index is 12.3. The van der Waals surface area contributed by atoms with Crippen molar-refractivity contribution in [3.8, 4) is 0 Å². The zero-order chi connectivity index (χ0) is 19.6. The lowest BCUT2D eigenvalue weighted by atomic mass is 9.82. The highest BCUT2D eigenvalue weighted by atomic mass is 16.6. The first-order chi connectivity index (χ1) is 12.1. The molecule has 2 aliphatic rings. The molecular weight excluding hydrogens is 336 g/mol. The fraction of sp³-hybridized carbons (Fsp3) is 0.500. The van der Waals surface area contributed by atoms with E-state index >= 15 is 0 Å². The number of allylic oxidation sites excluding steroid dienone is 1. The van der Waals surface area contributed by atoms with Crippen LogP contribution >= 0.6 is 0 Å². The SMILES string of the molecule is C=C1C(=O)O[C@H]2/C=C(/C)[C@H](O)/C=C\[C@@](C)(O)C[C@H](OC(=O)/C(C)=C\C)[C@H]12. The van der Waals surface area contributed by atoms with Gasteiger partial charge in [0.05, 0.1) is 17.6 Å². The van der Waals surface area contributed by atoms with Crippen LogP contribution in [0, 0.1) is 5.92 Å². The van der Waals surface area contributed by atoms with Gasteiger partial charge in [0, 0.05) is 17.6 Å². The first-order valence-corrected chi connectivity index (χ1v) is 8.57. The molecule has 1 heterocycles. The number of ether oxygens (including phenoxy) is 2. The Balaban J connectivity index is 2.48. The van der Waals surface area contributed by atoms with Gasteiger partial charge in [-0.2, -0.15) is 0 Å². The van der Waals surface area contributed by atoms with Crippen molar-refractivity contribution in [3.05, 3.63) is 47.6 Å². The van der Waals surface area contributed by atoms with Crippen LogP contribution in [0.5, 0.6) is 0 Å². The molecule has 0 aromatic carbocycles. The predicted molar refractivity (Wildman–Crippen MR) is 96.0 cm³/mol. The molecule has 0 spiro atoms. The summed E-state index contributed by atoms with van der Waals surface area (Å²) in [7, 11) is 0. The highest BCUT2D eigenvalue weighted by molar-refractivity contribution is 5.92. The lowest BCUT2D eigenvalue weighted by molar-refractivity contribution is -0.150. The van der Waals surface area contributed by atoms with E-state index in [1.54, 1.807) is 39.8 Å². The van der Waals surface area contributed by atoms with Crippen LogP contribution in [0.25, 0.3) is 0 Å². The molecule has 1 fully saturated rings. The highest BCUT2D eigenvalue weighted by Crippen LogP contribution is 2.37. The lowest BCUT2D eigenvalue weighted by Crippen LogP contribution is -2.40. The van der Waals surface area contributed by atoms with Gasteiger partial charge in [0.1, 0.15) is 12.2 Å². The number of hydrogen-bond donors (Lipinski definition) is 2. The van der Waals surface area contributed by atoms with Crippen molar-refractivity contribution in [1.82, 2.24) is 0 Å². The second-order valence-corrected chi connectivity index (χ2v) is 7.11. The molecule has 5 atom stereocenters. The minimum Gasteiger partial charge on any atom is -0.458 e. The van der Waals surface area contributed by atoms with E-state index in [0.717, 1.165) is 0 Å². The van der Waals surface area contributed by atoms with Gasteiger partial charge >= 0.3 is 11.9 Å². The lowest BCUT2D eigenvalue weighted by Gasteiger charge is -2.32. The number of esters is 2. The molecule has 1 saturated heterocycles. The van der Waals surface area contributed by atoms with Gasteiger partial charge in [-0.25, -0.2) is 9.59 Å². The number of aliphatic hydroxyl groups is 2. The summed E-state index contributed by atoms with van der Waals surface area (Å²) >= 11 is 0. The molecule has 2 N–H and O–H groups in total. The van der Waals surface area contributed by atoms with Crippen molar-refractivity contribution in [2.75, 3.05) is 0 Å². The summed E-state index contributed by atoms with van der Waals surface area (Å²) in [4.78, 5) is 24.4. The number of fused-ring (bicyclic) bond motifs is 1. The minimum atomic E-state index is -1.36. The summed E-state index contributed by atoms with van der Waals surface area (Å²) in [6.45, 7) is 10.4. The fourth-order valence-corrected chi connectivity index (χ4v) is 3.05. The van der Waals surface area contributed by atoms with E-state index in [0.29, 0.717) is 11.1 Å².